The number of aromatic nitrogens is 1. The summed E-state index contributed by atoms with van der Waals surface area (Å²) in [6.07, 6.45) is 1.72. The SMILES string of the molecule is CN[C@@H](C)c1cc(CO)ccn1. The molecular weight excluding hydrogens is 152 g/mol. The van der Waals surface area contributed by atoms with Gasteiger partial charge in [0.05, 0.1) is 12.3 Å². The maximum atomic E-state index is 8.87. The van der Waals surface area contributed by atoms with E-state index in [4.69, 9.17) is 5.11 Å². The smallest absolute Gasteiger partial charge is 0.0683 e. The van der Waals surface area contributed by atoms with Crippen molar-refractivity contribution in [3.63, 3.8) is 0 Å². The Morgan fingerprint density at radius 3 is 3.00 bits per heavy atom. The highest BCUT2D eigenvalue weighted by molar-refractivity contribution is 5.17. The zero-order valence-corrected chi connectivity index (χ0v) is 7.41. The van der Waals surface area contributed by atoms with Gasteiger partial charge in [0, 0.05) is 12.2 Å². The Labute approximate surface area is 72.5 Å². The molecule has 0 saturated carbocycles. The van der Waals surface area contributed by atoms with Crippen LogP contribution in [0.1, 0.15) is 24.2 Å². The third kappa shape index (κ3) is 2.03. The second kappa shape index (κ2) is 4.18. The van der Waals surface area contributed by atoms with Gasteiger partial charge in [0.1, 0.15) is 0 Å². The van der Waals surface area contributed by atoms with E-state index < -0.39 is 0 Å². The van der Waals surface area contributed by atoms with Gasteiger partial charge in [-0.25, -0.2) is 0 Å². The Morgan fingerprint density at radius 1 is 1.67 bits per heavy atom. The molecule has 12 heavy (non-hydrogen) atoms. The molecule has 3 heteroatoms. The average molecular weight is 166 g/mol. The Bertz CT molecular complexity index is 250. The molecule has 0 fully saturated rings. The summed E-state index contributed by atoms with van der Waals surface area (Å²) in [5.41, 5.74) is 1.87. The van der Waals surface area contributed by atoms with E-state index in [1.54, 1.807) is 6.20 Å². The van der Waals surface area contributed by atoms with Crippen molar-refractivity contribution in [3.05, 3.63) is 29.6 Å². The molecule has 0 aliphatic carbocycles. The molecule has 0 aromatic carbocycles. The number of nitrogens with zero attached hydrogens (tertiary/aromatic N) is 1. The van der Waals surface area contributed by atoms with Crippen LogP contribution >= 0.6 is 0 Å². The first-order valence-corrected chi connectivity index (χ1v) is 4.01. The maximum Gasteiger partial charge on any atom is 0.0683 e. The van der Waals surface area contributed by atoms with Gasteiger partial charge in [-0.3, -0.25) is 4.98 Å². The first-order valence-electron chi connectivity index (χ1n) is 4.01. The van der Waals surface area contributed by atoms with Gasteiger partial charge in [0.2, 0.25) is 0 Å². The van der Waals surface area contributed by atoms with Crippen LogP contribution in [0.25, 0.3) is 0 Å². The predicted molar refractivity (Wildman–Crippen MR) is 47.6 cm³/mol. The number of hydrogen-bond acceptors (Lipinski definition) is 3. The van der Waals surface area contributed by atoms with Crippen molar-refractivity contribution in [2.24, 2.45) is 0 Å². The van der Waals surface area contributed by atoms with E-state index in [-0.39, 0.29) is 12.6 Å². The first kappa shape index (κ1) is 9.16. The lowest BCUT2D eigenvalue weighted by Crippen LogP contribution is -2.13. The molecule has 0 amide bonds. The largest absolute Gasteiger partial charge is 0.392 e. The van der Waals surface area contributed by atoms with Crippen LogP contribution in [0.2, 0.25) is 0 Å². The van der Waals surface area contributed by atoms with Crippen molar-refractivity contribution >= 4 is 0 Å². The van der Waals surface area contributed by atoms with Gasteiger partial charge in [-0.05, 0) is 31.7 Å². The van der Waals surface area contributed by atoms with Gasteiger partial charge in [-0.1, -0.05) is 0 Å². The zero-order valence-electron chi connectivity index (χ0n) is 7.41. The fourth-order valence-electron chi connectivity index (χ4n) is 0.977. The van der Waals surface area contributed by atoms with Crippen LogP contribution in [0, 0.1) is 0 Å². The summed E-state index contributed by atoms with van der Waals surface area (Å²) < 4.78 is 0. The number of hydrogen-bond donors (Lipinski definition) is 2. The number of aliphatic hydroxyl groups is 1. The molecule has 1 aromatic heterocycles. The van der Waals surface area contributed by atoms with Crippen LogP contribution in [-0.4, -0.2) is 17.1 Å². The van der Waals surface area contributed by atoms with Crippen LogP contribution in [0.5, 0.6) is 0 Å². The Balaban J connectivity index is 2.86. The zero-order chi connectivity index (χ0) is 8.97. The molecule has 0 bridgehead atoms. The summed E-state index contributed by atoms with van der Waals surface area (Å²) in [7, 11) is 1.89. The van der Waals surface area contributed by atoms with Crippen LogP contribution in [0.15, 0.2) is 18.3 Å². The van der Waals surface area contributed by atoms with E-state index in [0.717, 1.165) is 11.3 Å². The molecule has 66 valence electrons. The minimum absolute atomic E-state index is 0.0754. The van der Waals surface area contributed by atoms with E-state index in [2.05, 4.69) is 10.3 Å². The fraction of sp³-hybridized carbons (Fsp3) is 0.444. The number of rotatable bonds is 3. The van der Waals surface area contributed by atoms with Crippen LogP contribution in [0.4, 0.5) is 0 Å². The third-order valence-electron chi connectivity index (χ3n) is 1.90. The first-order chi connectivity index (χ1) is 5.77. The molecule has 0 saturated heterocycles. The standard InChI is InChI=1S/C9H14N2O/c1-7(10-2)9-5-8(6-12)3-4-11-9/h3-5,7,10,12H,6H2,1-2H3/t7-/m0/s1. The van der Waals surface area contributed by atoms with Crippen molar-refractivity contribution in [3.8, 4) is 0 Å². The van der Waals surface area contributed by atoms with Crippen molar-refractivity contribution in [2.75, 3.05) is 7.05 Å². The average Bonchev–Trinajstić information content (AvgIpc) is 2.17. The summed E-state index contributed by atoms with van der Waals surface area (Å²) in [6, 6.07) is 3.95. The summed E-state index contributed by atoms with van der Waals surface area (Å²) >= 11 is 0. The van der Waals surface area contributed by atoms with Crippen molar-refractivity contribution < 1.29 is 5.11 Å². The summed E-state index contributed by atoms with van der Waals surface area (Å²) in [6.45, 7) is 2.11. The highest BCUT2D eigenvalue weighted by Crippen LogP contribution is 2.09. The molecule has 1 atom stereocenters. The second-order valence-electron chi connectivity index (χ2n) is 2.76. The quantitative estimate of drug-likeness (QED) is 0.700. The van der Waals surface area contributed by atoms with Crippen LogP contribution < -0.4 is 5.32 Å². The third-order valence-corrected chi connectivity index (χ3v) is 1.90. The summed E-state index contributed by atoms with van der Waals surface area (Å²) in [4.78, 5) is 4.18. The molecule has 1 heterocycles. The topological polar surface area (TPSA) is 45.1 Å². The van der Waals surface area contributed by atoms with Gasteiger partial charge in [-0.15, -0.1) is 0 Å². The highest BCUT2D eigenvalue weighted by Gasteiger charge is 2.03. The second-order valence-corrected chi connectivity index (χ2v) is 2.76. The Hall–Kier alpha value is -0.930. The minimum Gasteiger partial charge on any atom is -0.392 e. The lowest BCUT2D eigenvalue weighted by Gasteiger charge is -2.09. The van der Waals surface area contributed by atoms with Crippen LogP contribution in [0.3, 0.4) is 0 Å². The highest BCUT2D eigenvalue weighted by atomic mass is 16.3. The lowest BCUT2D eigenvalue weighted by atomic mass is 10.1. The van der Waals surface area contributed by atoms with Gasteiger partial charge in [-0.2, -0.15) is 0 Å². The van der Waals surface area contributed by atoms with E-state index in [9.17, 15) is 0 Å². The predicted octanol–water partition coefficient (Wildman–Crippen LogP) is 0.854. The molecule has 0 radical (unpaired) electrons. The molecule has 0 aliphatic heterocycles. The van der Waals surface area contributed by atoms with Crippen molar-refractivity contribution in [1.82, 2.24) is 10.3 Å². The maximum absolute atomic E-state index is 8.87. The minimum atomic E-state index is 0.0754. The van der Waals surface area contributed by atoms with Crippen molar-refractivity contribution in [2.45, 2.75) is 19.6 Å². The number of nitrogens with one attached hydrogen (secondary N) is 1. The molecule has 1 aromatic rings. The molecular formula is C9H14N2O. The lowest BCUT2D eigenvalue weighted by molar-refractivity contribution is 0.281. The summed E-state index contributed by atoms with van der Waals surface area (Å²) in [5, 5.41) is 12.0. The van der Waals surface area contributed by atoms with E-state index in [1.165, 1.54) is 0 Å². The fourth-order valence-corrected chi connectivity index (χ4v) is 0.977. The number of aliphatic hydroxyl groups excluding tert-OH is 1. The molecule has 3 nitrogen and oxygen atoms in total. The van der Waals surface area contributed by atoms with E-state index in [0.29, 0.717) is 0 Å². The van der Waals surface area contributed by atoms with Crippen molar-refractivity contribution in [1.29, 1.82) is 0 Å². The normalized spacial score (nSPS) is 12.9. The van der Waals surface area contributed by atoms with Gasteiger partial charge < -0.3 is 10.4 Å². The molecule has 0 unspecified atom stereocenters. The Kier molecular flexibility index (Phi) is 3.19. The molecule has 1 rings (SSSR count). The van der Waals surface area contributed by atoms with E-state index >= 15 is 0 Å². The van der Waals surface area contributed by atoms with Crippen LogP contribution in [-0.2, 0) is 6.61 Å². The Morgan fingerprint density at radius 2 is 2.42 bits per heavy atom. The number of pyridine rings is 1. The van der Waals surface area contributed by atoms with Gasteiger partial charge in [0.15, 0.2) is 0 Å². The molecule has 2 N–H and O–H groups in total. The van der Waals surface area contributed by atoms with Gasteiger partial charge >= 0.3 is 0 Å². The monoisotopic (exact) mass is 166 g/mol. The molecule has 0 spiro atoms. The molecule has 0 aliphatic rings. The van der Waals surface area contributed by atoms with Gasteiger partial charge in [0.25, 0.3) is 0 Å². The summed E-state index contributed by atoms with van der Waals surface area (Å²) in [5.74, 6) is 0. The van der Waals surface area contributed by atoms with E-state index in [1.807, 2.05) is 26.1 Å².